The summed E-state index contributed by atoms with van der Waals surface area (Å²) in [6.07, 6.45) is 4.58. The van der Waals surface area contributed by atoms with E-state index in [1.807, 2.05) is 103 Å². The topological polar surface area (TPSA) is 396 Å². The van der Waals surface area contributed by atoms with Gasteiger partial charge in [-0.3, -0.25) is 0 Å². The number of hydrogen-bond acceptors (Lipinski definition) is 22. The molecule has 0 radical (unpaired) electrons. The molecule has 111 heavy (non-hydrogen) atoms. The summed E-state index contributed by atoms with van der Waals surface area (Å²) in [4.78, 5) is 23.7. The van der Waals surface area contributed by atoms with E-state index in [-0.39, 0.29) is 50.9 Å². The van der Waals surface area contributed by atoms with Crippen LogP contribution in [0.15, 0.2) is 178 Å². The van der Waals surface area contributed by atoms with Crippen molar-refractivity contribution in [2.75, 3.05) is 129 Å². The molecule has 8 aromatic rings. The molecule has 27 nitrogen and oxygen atoms in total. The number of nitriles is 2. The molecule has 13 rings (SSSR count). The zero-order valence-electron chi connectivity index (χ0n) is 62.7. The molecule has 0 unspecified atom stereocenters. The van der Waals surface area contributed by atoms with E-state index >= 15 is 0 Å². The minimum Gasteiger partial charge on any atom is -0.370 e. The molecule has 8 heterocycles. The fourth-order valence-electron chi connectivity index (χ4n) is 13.8. The lowest BCUT2D eigenvalue weighted by atomic mass is 9.90. The zero-order chi connectivity index (χ0) is 80.8. The lowest BCUT2D eigenvalue weighted by Crippen LogP contribution is -2.49. The minimum atomic E-state index is -3.91. The van der Waals surface area contributed by atoms with Gasteiger partial charge in [-0.1, -0.05) is 78.9 Å². The number of piperazine rings is 3. The molecule has 5 aliphatic heterocycles. The van der Waals surface area contributed by atoms with Crippen molar-refractivity contribution in [1.29, 1.82) is 10.5 Å². The first-order valence-electron chi connectivity index (χ1n) is 36.0. The van der Waals surface area contributed by atoms with Gasteiger partial charge in [0.15, 0.2) is 10.1 Å². The van der Waals surface area contributed by atoms with Gasteiger partial charge in [0.05, 0.1) is 39.6 Å². The predicted molar refractivity (Wildman–Crippen MR) is 445 cm³/mol. The number of aryl methyl sites for hydroxylation is 6. The number of halogens is 3. The molecule has 3 aromatic heterocycles. The largest absolute Gasteiger partial charge is 0.370 e. The van der Waals surface area contributed by atoms with E-state index < -0.39 is 50.1 Å². The highest BCUT2D eigenvalue weighted by molar-refractivity contribution is 9.11. The number of nitrogens with one attached hydrogen (secondary N) is 1. The lowest BCUT2D eigenvalue weighted by molar-refractivity contribution is 0.380. The maximum absolute atomic E-state index is 13.8. The average molecular weight is 1810 g/mol. The fourth-order valence-corrected chi connectivity index (χ4v) is 20.4. The molecule has 5 saturated heterocycles. The van der Waals surface area contributed by atoms with Crippen molar-refractivity contribution in [1.82, 2.24) is 28.9 Å². The van der Waals surface area contributed by atoms with Gasteiger partial charge in [-0.15, -0.1) is 0 Å². The molecule has 0 aliphatic carbocycles. The van der Waals surface area contributed by atoms with Crippen molar-refractivity contribution >= 4 is 126 Å². The van der Waals surface area contributed by atoms with E-state index in [0.717, 1.165) is 121 Å². The standard InChI is InChI=1S/C30H36N6O4S2.C17H21BrN4O4S2.C12H15N3.C10H15N3O2S.C7H7Br2N/c1-22-19-23(2)30(33-26(22)20-24-11-13-34(14-12-24)27-8-4-3-7-25(27)21-31)42(39,40)36-17-15-35(16-18-36)28-9-5-6-10-29(28)41(32,37)38;1-12-11-13(2)17(20-16(12)18)28(25,26)22-9-7-21(8-10-22)14-5-3-4-6-15(14)27(19,23)24;13-9-10-3-1-2-4-12(10)15-7-5-11(14)6-8-15;11-16(14,15)10-4-2-1-3-9(10)13-7-5-12-6-8-13;1-4-3-5(2)7(9)10-6(4)8/h3-10,19,24H,11-18,20H2,1-2H3,(H2,32,37,38);3-6,11H,7-10H2,1-2H3,(H2,19,23,24);1-4,11H,5-8,14H2;1-4,12H,5-8H2,(H2,11,14,15);3H,1-2H3. The van der Waals surface area contributed by atoms with E-state index in [0.29, 0.717) is 82.9 Å². The van der Waals surface area contributed by atoms with E-state index in [1.165, 1.54) is 31.9 Å². The van der Waals surface area contributed by atoms with Crippen LogP contribution in [0.5, 0.6) is 0 Å². The second-order valence-corrected chi connectivity index (χ2v) is 38.1. The summed E-state index contributed by atoms with van der Waals surface area (Å²) in [6, 6.07) is 45.8. The lowest BCUT2D eigenvalue weighted by Gasteiger charge is -2.36. The second-order valence-electron chi connectivity index (χ2n) is 27.6. The quantitative estimate of drug-likeness (QED) is 0.0633. The van der Waals surface area contributed by atoms with Gasteiger partial charge in [-0.05, 0) is 221 Å². The van der Waals surface area contributed by atoms with Crippen LogP contribution in [0.1, 0.15) is 75.9 Å². The Labute approximate surface area is 678 Å². The van der Waals surface area contributed by atoms with Crippen LogP contribution in [0.25, 0.3) is 0 Å². The van der Waals surface area contributed by atoms with Crippen molar-refractivity contribution in [2.45, 2.75) is 104 Å². The van der Waals surface area contributed by atoms with Gasteiger partial charge in [-0.25, -0.2) is 72.5 Å². The second kappa shape index (κ2) is 38.5. The molecule has 5 aliphatic rings. The van der Waals surface area contributed by atoms with Crippen LogP contribution >= 0.6 is 47.8 Å². The maximum Gasteiger partial charge on any atom is 0.260 e. The number of para-hydroxylation sites is 5. The van der Waals surface area contributed by atoms with Gasteiger partial charge < -0.3 is 35.6 Å². The van der Waals surface area contributed by atoms with Crippen LogP contribution < -0.4 is 51.0 Å². The Kier molecular flexibility index (Phi) is 30.3. The highest BCUT2D eigenvalue weighted by atomic mass is 79.9. The first kappa shape index (κ1) is 87.4. The number of sulfonamides is 5. The van der Waals surface area contributed by atoms with Crippen molar-refractivity contribution in [3.63, 3.8) is 0 Å². The molecule has 0 spiro atoms. The van der Waals surface area contributed by atoms with Gasteiger partial charge in [0.1, 0.15) is 40.6 Å². The highest BCUT2D eigenvalue weighted by Crippen LogP contribution is 2.34. The molecule has 0 saturated carbocycles. The van der Waals surface area contributed by atoms with Gasteiger partial charge in [0.25, 0.3) is 20.0 Å². The molecule has 0 bridgehead atoms. The molecule has 0 amide bonds. The number of nitrogens with two attached hydrogens (primary N) is 4. The number of nitrogens with zero attached hydrogens (tertiary/aromatic N) is 12. The van der Waals surface area contributed by atoms with E-state index in [4.69, 9.17) is 31.4 Å². The smallest absolute Gasteiger partial charge is 0.260 e. The number of anilines is 5. The van der Waals surface area contributed by atoms with Crippen molar-refractivity contribution in [3.05, 3.63) is 204 Å². The molecular weight excluding hydrogens is 1710 g/mol. The molecule has 5 aromatic carbocycles. The molecule has 0 atom stereocenters. The van der Waals surface area contributed by atoms with Gasteiger partial charge in [0, 0.05) is 116 Å². The fraction of sp³-hybridized carbons (Fsp3) is 0.382. The van der Waals surface area contributed by atoms with Gasteiger partial charge in [-0.2, -0.15) is 19.1 Å². The summed E-state index contributed by atoms with van der Waals surface area (Å²) >= 11 is 9.97. The Morgan fingerprint density at radius 2 is 0.703 bits per heavy atom. The Balaban J connectivity index is 0.000000175. The summed E-state index contributed by atoms with van der Waals surface area (Å²) in [6.45, 7) is 20.5. The highest BCUT2D eigenvalue weighted by Gasteiger charge is 2.36. The SMILES string of the molecule is Cc1cc(C)c(Br)nc1Br.Cc1cc(C)c(S(=O)(=O)N2CCN(c3ccccc3S(N)(=O)=O)CC2)nc1Br.Cc1cc(C)c(S(=O)(=O)N2CCN(c3ccccc3S(N)(=O)=O)CC2)nc1CC1CCN(c2ccccc2C#N)CC1.N#Cc1ccccc1N1CCC(N)CC1.NS(=O)(=O)c1ccccc1N1CCNCC1. The number of rotatable bonds is 14. The average Bonchev–Trinajstić information content (AvgIpc) is 0.776. The first-order chi connectivity index (χ1) is 52.5. The third kappa shape index (κ3) is 22.7. The number of piperidine rings is 2. The Hall–Kier alpha value is -7.56. The van der Waals surface area contributed by atoms with E-state index in [2.05, 4.69) is 91.1 Å². The van der Waals surface area contributed by atoms with Crippen LogP contribution in [0, 0.1) is 70.1 Å². The molecule has 5 fully saturated rings. The maximum atomic E-state index is 13.8. The van der Waals surface area contributed by atoms with Crippen LogP contribution in [-0.4, -0.2) is 176 Å². The van der Waals surface area contributed by atoms with Crippen LogP contribution in [-0.2, 0) is 56.5 Å². The molecule has 35 heteroatoms. The summed E-state index contributed by atoms with van der Waals surface area (Å²) in [7, 11) is -19.0. The van der Waals surface area contributed by atoms with Gasteiger partial charge in [0.2, 0.25) is 30.1 Å². The first-order valence-corrected chi connectivity index (χ1v) is 45.9. The van der Waals surface area contributed by atoms with E-state index in [9.17, 15) is 47.4 Å². The van der Waals surface area contributed by atoms with Crippen LogP contribution in [0.2, 0.25) is 0 Å². The van der Waals surface area contributed by atoms with Crippen molar-refractivity contribution in [2.24, 2.45) is 27.1 Å². The van der Waals surface area contributed by atoms with Gasteiger partial charge >= 0.3 is 0 Å². The van der Waals surface area contributed by atoms with Crippen LogP contribution in [0.4, 0.5) is 28.4 Å². The summed E-state index contributed by atoms with van der Waals surface area (Å²) in [5.41, 5.74) is 17.1. The Bertz CT molecular complexity index is 5270. The van der Waals surface area contributed by atoms with E-state index in [1.54, 1.807) is 74.5 Å². The number of hydrogen-bond donors (Lipinski definition) is 5. The number of aromatic nitrogens is 3. The molecule has 9 N–H and O–H groups in total. The predicted octanol–water partition coefficient (Wildman–Crippen LogP) is 9.26. The third-order valence-electron chi connectivity index (χ3n) is 19.7. The summed E-state index contributed by atoms with van der Waals surface area (Å²) in [5.74, 6) is 0.363. The van der Waals surface area contributed by atoms with Crippen LogP contribution in [0.3, 0.4) is 0 Å². The van der Waals surface area contributed by atoms with Crippen molar-refractivity contribution < 1.29 is 42.1 Å². The normalized spacial score (nSPS) is 16.4. The number of primary sulfonamides is 3. The number of benzene rings is 5. The summed E-state index contributed by atoms with van der Waals surface area (Å²) in [5, 5.41) is 37.7. The summed E-state index contributed by atoms with van der Waals surface area (Å²) < 4.78 is 129. The molecule has 594 valence electrons. The third-order valence-corrected chi connectivity index (χ3v) is 28.9. The Morgan fingerprint density at radius 1 is 0.396 bits per heavy atom. The molecular formula is C76H94Br3N17O10S5. The Morgan fingerprint density at radius 3 is 1.07 bits per heavy atom. The minimum absolute atomic E-state index is 0.0297. The monoisotopic (exact) mass is 1800 g/mol. The van der Waals surface area contributed by atoms with Crippen molar-refractivity contribution in [3.8, 4) is 12.1 Å². The zero-order valence-corrected chi connectivity index (χ0v) is 71.6. The number of pyridine rings is 3.